The number of rotatable bonds is 10. The summed E-state index contributed by atoms with van der Waals surface area (Å²) in [5, 5.41) is 14.6. The molecule has 0 aromatic rings. The lowest BCUT2D eigenvalue weighted by Crippen LogP contribution is -2.44. The summed E-state index contributed by atoms with van der Waals surface area (Å²) in [6.45, 7) is 6.48. The molecule has 0 radical (unpaired) electrons. The SMILES string of the molecule is CCCCCCNC(=O)CC(NC(C)C)C(=O)O. The molecule has 0 aliphatic rings. The average Bonchev–Trinajstić information content (AvgIpc) is 2.27. The molecular formula is C13H26N2O3. The molecule has 0 heterocycles. The van der Waals surface area contributed by atoms with Crippen LogP contribution in [0.5, 0.6) is 0 Å². The zero-order chi connectivity index (χ0) is 14.0. The molecule has 5 heteroatoms. The second-order valence-electron chi connectivity index (χ2n) is 4.83. The van der Waals surface area contributed by atoms with Gasteiger partial charge in [0, 0.05) is 12.6 Å². The molecule has 0 spiro atoms. The Kier molecular flexibility index (Phi) is 9.28. The second kappa shape index (κ2) is 9.88. The van der Waals surface area contributed by atoms with Gasteiger partial charge in [0.25, 0.3) is 0 Å². The Morgan fingerprint density at radius 1 is 1.17 bits per heavy atom. The Bertz CT molecular complexity index is 255. The third-order valence-electron chi connectivity index (χ3n) is 2.57. The van der Waals surface area contributed by atoms with Crippen LogP contribution in [0.25, 0.3) is 0 Å². The fourth-order valence-corrected chi connectivity index (χ4v) is 1.66. The maximum atomic E-state index is 11.6. The summed E-state index contributed by atoms with van der Waals surface area (Å²) >= 11 is 0. The van der Waals surface area contributed by atoms with Crippen LogP contribution >= 0.6 is 0 Å². The molecule has 0 saturated heterocycles. The summed E-state index contributed by atoms with van der Waals surface area (Å²) in [5.74, 6) is -1.18. The molecule has 0 bridgehead atoms. The van der Waals surface area contributed by atoms with Crippen molar-refractivity contribution < 1.29 is 14.7 Å². The topological polar surface area (TPSA) is 78.4 Å². The van der Waals surface area contributed by atoms with Crippen LogP contribution in [0.1, 0.15) is 52.9 Å². The highest BCUT2D eigenvalue weighted by Gasteiger charge is 2.21. The number of hydrogen-bond donors (Lipinski definition) is 3. The highest BCUT2D eigenvalue weighted by molar-refractivity contribution is 5.84. The first kappa shape index (κ1) is 16.9. The fraction of sp³-hybridized carbons (Fsp3) is 0.846. The van der Waals surface area contributed by atoms with Crippen LogP contribution in [0, 0.1) is 0 Å². The van der Waals surface area contributed by atoms with Gasteiger partial charge in [-0.3, -0.25) is 9.59 Å². The smallest absolute Gasteiger partial charge is 0.321 e. The van der Waals surface area contributed by atoms with E-state index in [9.17, 15) is 9.59 Å². The molecule has 0 aromatic carbocycles. The van der Waals surface area contributed by atoms with Gasteiger partial charge in [-0.05, 0) is 6.42 Å². The Morgan fingerprint density at radius 3 is 2.33 bits per heavy atom. The van der Waals surface area contributed by atoms with Crippen molar-refractivity contribution in [3.63, 3.8) is 0 Å². The van der Waals surface area contributed by atoms with E-state index in [4.69, 9.17) is 5.11 Å². The minimum atomic E-state index is -0.982. The van der Waals surface area contributed by atoms with Crippen molar-refractivity contribution in [1.82, 2.24) is 10.6 Å². The molecule has 18 heavy (non-hydrogen) atoms. The quantitative estimate of drug-likeness (QED) is 0.519. The lowest BCUT2D eigenvalue weighted by Gasteiger charge is -2.16. The predicted molar refractivity (Wildman–Crippen MR) is 71.5 cm³/mol. The molecule has 0 fully saturated rings. The molecule has 0 rings (SSSR count). The number of unbranched alkanes of at least 4 members (excludes halogenated alkanes) is 3. The Morgan fingerprint density at radius 2 is 1.83 bits per heavy atom. The molecule has 5 nitrogen and oxygen atoms in total. The number of amides is 1. The van der Waals surface area contributed by atoms with Gasteiger partial charge in [0.2, 0.25) is 5.91 Å². The van der Waals surface area contributed by atoms with Gasteiger partial charge in [-0.1, -0.05) is 40.0 Å². The van der Waals surface area contributed by atoms with Gasteiger partial charge in [0.05, 0.1) is 6.42 Å². The summed E-state index contributed by atoms with van der Waals surface area (Å²) in [6, 6.07) is -0.760. The summed E-state index contributed by atoms with van der Waals surface area (Å²) in [5.41, 5.74) is 0. The average molecular weight is 258 g/mol. The molecule has 1 unspecified atom stereocenters. The van der Waals surface area contributed by atoms with Gasteiger partial charge < -0.3 is 15.7 Å². The number of carbonyl (C=O) groups excluding carboxylic acids is 1. The normalized spacial score (nSPS) is 12.4. The number of carboxylic acids is 1. The van der Waals surface area contributed by atoms with E-state index in [-0.39, 0.29) is 18.4 Å². The maximum Gasteiger partial charge on any atom is 0.321 e. The van der Waals surface area contributed by atoms with E-state index in [0.29, 0.717) is 6.54 Å². The van der Waals surface area contributed by atoms with Crippen LogP contribution in [0.4, 0.5) is 0 Å². The van der Waals surface area contributed by atoms with Crippen molar-refractivity contribution in [2.24, 2.45) is 0 Å². The van der Waals surface area contributed by atoms with Crippen molar-refractivity contribution in [3.8, 4) is 0 Å². The third kappa shape index (κ3) is 8.98. The van der Waals surface area contributed by atoms with Gasteiger partial charge in [-0.15, -0.1) is 0 Å². The van der Waals surface area contributed by atoms with Crippen LogP contribution in [0.2, 0.25) is 0 Å². The Labute approximate surface area is 109 Å². The molecule has 3 N–H and O–H groups in total. The third-order valence-corrected chi connectivity index (χ3v) is 2.57. The summed E-state index contributed by atoms with van der Waals surface area (Å²) in [4.78, 5) is 22.5. The van der Waals surface area contributed by atoms with Crippen LogP contribution in [0.15, 0.2) is 0 Å². The molecule has 1 atom stereocenters. The first-order valence-corrected chi connectivity index (χ1v) is 6.73. The summed E-state index contributed by atoms with van der Waals surface area (Å²) in [7, 11) is 0. The van der Waals surface area contributed by atoms with Crippen molar-refractivity contribution in [3.05, 3.63) is 0 Å². The molecule has 106 valence electrons. The fourth-order valence-electron chi connectivity index (χ4n) is 1.66. The largest absolute Gasteiger partial charge is 0.480 e. The van der Waals surface area contributed by atoms with E-state index >= 15 is 0 Å². The minimum absolute atomic E-state index is 0.0126. The van der Waals surface area contributed by atoms with Gasteiger partial charge in [0.15, 0.2) is 0 Å². The van der Waals surface area contributed by atoms with E-state index in [1.165, 1.54) is 6.42 Å². The number of carboxylic acid groups (broad SMARTS) is 1. The minimum Gasteiger partial charge on any atom is -0.480 e. The van der Waals surface area contributed by atoms with Crippen molar-refractivity contribution in [2.45, 2.75) is 65.0 Å². The molecule has 0 aliphatic heterocycles. The van der Waals surface area contributed by atoms with E-state index in [1.807, 2.05) is 13.8 Å². The number of aliphatic carboxylic acids is 1. The Hall–Kier alpha value is -1.10. The first-order valence-electron chi connectivity index (χ1n) is 6.73. The zero-order valence-electron chi connectivity index (χ0n) is 11.7. The van der Waals surface area contributed by atoms with E-state index in [1.54, 1.807) is 0 Å². The van der Waals surface area contributed by atoms with Crippen LogP contribution < -0.4 is 10.6 Å². The van der Waals surface area contributed by atoms with Crippen LogP contribution in [-0.2, 0) is 9.59 Å². The van der Waals surface area contributed by atoms with E-state index in [2.05, 4.69) is 17.6 Å². The first-order chi connectivity index (χ1) is 8.47. The van der Waals surface area contributed by atoms with E-state index in [0.717, 1.165) is 19.3 Å². The summed E-state index contributed by atoms with van der Waals surface area (Å²) < 4.78 is 0. The van der Waals surface area contributed by atoms with Gasteiger partial charge in [0.1, 0.15) is 6.04 Å². The maximum absolute atomic E-state index is 11.6. The van der Waals surface area contributed by atoms with E-state index < -0.39 is 12.0 Å². The van der Waals surface area contributed by atoms with Gasteiger partial charge >= 0.3 is 5.97 Å². The standard InChI is InChI=1S/C13H26N2O3/c1-4-5-6-7-8-14-12(16)9-11(13(17)18)15-10(2)3/h10-11,15H,4-9H2,1-3H3,(H,14,16)(H,17,18). The second-order valence-corrected chi connectivity index (χ2v) is 4.83. The van der Waals surface area contributed by atoms with Crippen LogP contribution in [0.3, 0.4) is 0 Å². The van der Waals surface area contributed by atoms with Crippen molar-refractivity contribution in [2.75, 3.05) is 6.54 Å². The molecule has 0 aromatic heterocycles. The lowest BCUT2D eigenvalue weighted by molar-refractivity contribution is -0.141. The highest BCUT2D eigenvalue weighted by atomic mass is 16.4. The highest BCUT2D eigenvalue weighted by Crippen LogP contribution is 1.98. The van der Waals surface area contributed by atoms with Crippen molar-refractivity contribution >= 4 is 11.9 Å². The lowest BCUT2D eigenvalue weighted by atomic mass is 10.1. The number of hydrogen-bond acceptors (Lipinski definition) is 3. The molecule has 0 aliphatic carbocycles. The predicted octanol–water partition coefficient (Wildman–Crippen LogP) is 1.52. The molecule has 0 saturated carbocycles. The Balaban J connectivity index is 3.85. The van der Waals surface area contributed by atoms with Crippen LogP contribution in [-0.4, -0.2) is 35.6 Å². The summed E-state index contributed by atoms with van der Waals surface area (Å²) in [6.07, 6.45) is 4.37. The molecular weight excluding hydrogens is 232 g/mol. The number of carbonyl (C=O) groups is 2. The molecule has 1 amide bonds. The van der Waals surface area contributed by atoms with Crippen molar-refractivity contribution in [1.29, 1.82) is 0 Å². The number of nitrogens with one attached hydrogen (secondary N) is 2. The van der Waals surface area contributed by atoms with Gasteiger partial charge in [-0.25, -0.2) is 0 Å². The zero-order valence-corrected chi connectivity index (χ0v) is 11.7. The van der Waals surface area contributed by atoms with Gasteiger partial charge in [-0.2, -0.15) is 0 Å². The monoisotopic (exact) mass is 258 g/mol.